The van der Waals surface area contributed by atoms with E-state index in [1.54, 1.807) is 24.0 Å². The van der Waals surface area contributed by atoms with Crippen LogP contribution in [-0.2, 0) is 29.8 Å². The van der Waals surface area contributed by atoms with Gasteiger partial charge < -0.3 is 9.64 Å². The summed E-state index contributed by atoms with van der Waals surface area (Å²) in [5.41, 5.74) is 1.03. The van der Waals surface area contributed by atoms with E-state index in [1.165, 1.54) is 4.31 Å². The third kappa shape index (κ3) is 6.35. The number of carbonyl (C=O) groups is 2. The summed E-state index contributed by atoms with van der Waals surface area (Å²) in [5.74, 6) is -0.930. The van der Waals surface area contributed by atoms with Crippen LogP contribution in [0.25, 0.3) is 0 Å². The fourth-order valence-electron chi connectivity index (χ4n) is 4.48. The van der Waals surface area contributed by atoms with E-state index in [1.807, 2.05) is 12.1 Å². The number of ether oxygens (including phenoxy) is 1. The summed E-state index contributed by atoms with van der Waals surface area (Å²) in [6.45, 7) is 9.84. The van der Waals surface area contributed by atoms with E-state index in [9.17, 15) is 18.0 Å². The topological polar surface area (TPSA) is 84.0 Å². The molecule has 0 unspecified atom stereocenters. The molecule has 0 saturated carbocycles. The van der Waals surface area contributed by atoms with Gasteiger partial charge in [-0.3, -0.25) is 9.59 Å². The first-order valence-corrected chi connectivity index (χ1v) is 13.5. The van der Waals surface area contributed by atoms with Crippen molar-refractivity contribution in [1.29, 1.82) is 0 Å². The summed E-state index contributed by atoms with van der Waals surface area (Å²) in [4.78, 5) is 27.4. The van der Waals surface area contributed by atoms with Gasteiger partial charge in [0.15, 0.2) is 6.10 Å². The molecule has 1 amide bonds. The van der Waals surface area contributed by atoms with Crippen molar-refractivity contribution in [3.05, 3.63) is 29.8 Å². The van der Waals surface area contributed by atoms with E-state index < -0.39 is 22.1 Å². The molecule has 7 nitrogen and oxygen atoms in total. The van der Waals surface area contributed by atoms with Gasteiger partial charge in [-0.15, -0.1) is 0 Å². The first-order chi connectivity index (χ1) is 15.5. The van der Waals surface area contributed by atoms with Gasteiger partial charge in [0, 0.05) is 26.2 Å². The molecule has 0 N–H and O–H groups in total. The van der Waals surface area contributed by atoms with Crippen molar-refractivity contribution in [2.75, 3.05) is 26.2 Å². The SMILES string of the molecule is C[C@H](OC(=O)C1CCN(S(=O)(=O)c2ccc(C(C)(C)C)cc2)CC1)C(=O)N1CCCCCC1. The molecule has 2 aliphatic heterocycles. The number of likely N-dealkylation sites (tertiary alicyclic amines) is 1. The van der Waals surface area contributed by atoms with Crippen molar-refractivity contribution >= 4 is 21.9 Å². The average molecular weight is 479 g/mol. The number of esters is 1. The van der Waals surface area contributed by atoms with Crippen LogP contribution < -0.4 is 0 Å². The first kappa shape index (κ1) is 25.7. The molecule has 1 aromatic rings. The van der Waals surface area contributed by atoms with Crippen LogP contribution in [0.5, 0.6) is 0 Å². The van der Waals surface area contributed by atoms with Crippen LogP contribution in [0.2, 0.25) is 0 Å². The molecule has 2 aliphatic rings. The van der Waals surface area contributed by atoms with Gasteiger partial charge in [0.05, 0.1) is 10.8 Å². The largest absolute Gasteiger partial charge is 0.452 e. The quantitative estimate of drug-likeness (QED) is 0.602. The maximum Gasteiger partial charge on any atom is 0.309 e. The number of carbonyl (C=O) groups excluding carboxylic acids is 2. The molecule has 33 heavy (non-hydrogen) atoms. The zero-order chi connectivity index (χ0) is 24.2. The second kappa shape index (κ2) is 10.6. The van der Waals surface area contributed by atoms with Crippen molar-refractivity contribution in [3.8, 4) is 0 Å². The molecule has 8 heteroatoms. The highest BCUT2D eigenvalue weighted by Gasteiger charge is 2.34. The van der Waals surface area contributed by atoms with E-state index in [2.05, 4.69) is 20.8 Å². The van der Waals surface area contributed by atoms with E-state index >= 15 is 0 Å². The van der Waals surface area contributed by atoms with Crippen LogP contribution in [0.15, 0.2) is 29.2 Å². The number of nitrogens with zero attached hydrogens (tertiary/aromatic N) is 2. The molecular weight excluding hydrogens is 440 g/mol. The second-order valence-electron chi connectivity index (χ2n) is 10.3. The Labute approximate surface area is 198 Å². The van der Waals surface area contributed by atoms with Crippen molar-refractivity contribution < 1.29 is 22.7 Å². The summed E-state index contributed by atoms with van der Waals surface area (Å²) in [5, 5.41) is 0. The van der Waals surface area contributed by atoms with Gasteiger partial charge in [0.25, 0.3) is 5.91 Å². The molecule has 2 fully saturated rings. The minimum atomic E-state index is -3.61. The maximum atomic E-state index is 13.1. The van der Waals surface area contributed by atoms with Crippen LogP contribution in [0, 0.1) is 5.92 Å². The highest BCUT2D eigenvalue weighted by Crippen LogP contribution is 2.28. The van der Waals surface area contributed by atoms with Gasteiger partial charge in [-0.25, -0.2) is 8.42 Å². The number of amides is 1. The molecule has 0 bridgehead atoms. The zero-order valence-electron chi connectivity index (χ0n) is 20.4. The predicted molar refractivity (Wildman–Crippen MR) is 127 cm³/mol. The number of hydrogen-bond acceptors (Lipinski definition) is 5. The molecule has 3 rings (SSSR count). The minimum Gasteiger partial charge on any atom is -0.452 e. The van der Waals surface area contributed by atoms with Crippen molar-refractivity contribution in [1.82, 2.24) is 9.21 Å². The monoisotopic (exact) mass is 478 g/mol. The predicted octanol–water partition coefficient (Wildman–Crippen LogP) is 3.72. The van der Waals surface area contributed by atoms with Gasteiger partial charge >= 0.3 is 5.97 Å². The third-order valence-corrected chi connectivity index (χ3v) is 8.62. The summed E-state index contributed by atoms with van der Waals surface area (Å²) in [6.07, 6.45) is 4.20. The van der Waals surface area contributed by atoms with Crippen LogP contribution in [-0.4, -0.2) is 61.8 Å². The van der Waals surface area contributed by atoms with E-state index in [-0.39, 0.29) is 35.2 Å². The summed E-state index contributed by atoms with van der Waals surface area (Å²) < 4.78 is 33.0. The molecule has 0 spiro atoms. The molecule has 1 aromatic carbocycles. The highest BCUT2D eigenvalue weighted by molar-refractivity contribution is 7.89. The van der Waals surface area contributed by atoms with Gasteiger partial charge in [-0.05, 0) is 55.7 Å². The van der Waals surface area contributed by atoms with Crippen molar-refractivity contribution in [3.63, 3.8) is 0 Å². The van der Waals surface area contributed by atoms with E-state index in [0.29, 0.717) is 25.9 Å². The van der Waals surface area contributed by atoms with Crippen LogP contribution in [0.1, 0.15) is 71.8 Å². The first-order valence-electron chi connectivity index (χ1n) is 12.1. The second-order valence-corrected chi connectivity index (χ2v) is 12.2. The number of benzene rings is 1. The molecule has 0 aromatic heterocycles. The highest BCUT2D eigenvalue weighted by atomic mass is 32.2. The molecule has 2 saturated heterocycles. The summed E-state index contributed by atoms with van der Waals surface area (Å²) in [7, 11) is -3.61. The Bertz CT molecular complexity index is 921. The Morgan fingerprint density at radius 3 is 2.00 bits per heavy atom. The molecule has 1 atom stereocenters. The van der Waals surface area contributed by atoms with Crippen LogP contribution in [0.3, 0.4) is 0 Å². The summed E-state index contributed by atoms with van der Waals surface area (Å²) >= 11 is 0. The molecule has 184 valence electrons. The Hall–Kier alpha value is -1.93. The molecule has 0 radical (unpaired) electrons. The van der Waals surface area contributed by atoms with Gasteiger partial charge in [0.1, 0.15) is 0 Å². The van der Waals surface area contributed by atoms with Crippen LogP contribution in [0.4, 0.5) is 0 Å². The zero-order valence-corrected chi connectivity index (χ0v) is 21.2. The van der Waals surface area contributed by atoms with Crippen molar-refractivity contribution in [2.45, 2.75) is 82.6 Å². The van der Waals surface area contributed by atoms with Crippen molar-refractivity contribution in [2.24, 2.45) is 5.92 Å². The lowest BCUT2D eigenvalue weighted by Crippen LogP contribution is -2.43. The van der Waals surface area contributed by atoms with E-state index in [0.717, 1.165) is 31.2 Å². The van der Waals surface area contributed by atoms with Crippen LogP contribution >= 0.6 is 0 Å². The molecule has 2 heterocycles. The normalized spacial score (nSPS) is 20.2. The number of piperidine rings is 1. The Morgan fingerprint density at radius 2 is 1.48 bits per heavy atom. The number of rotatable bonds is 5. The Morgan fingerprint density at radius 1 is 0.939 bits per heavy atom. The lowest BCUT2D eigenvalue weighted by molar-refractivity contribution is -0.163. The lowest BCUT2D eigenvalue weighted by Gasteiger charge is -2.31. The number of hydrogen-bond donors (Lipinski definition) is 0. The smallest absolute Gasteiger partial charge is 0.309 e. The fourth-order valence-corrected chi connectivity index (χ4v) is 5.95. The molecular formula is C25H38N2O5S. The van der Waals surface area contributed by atoms with Gasteiger partial charge in [-0.1, -0.05) is 45.7 Å². The standard InChI is InChI=1S/C25H38N2O5S/c1-19(23(28)26-15-7-5-6-8-16-26)32-24(29)20-13-17-27(18-14-20)33(30,31)22-11-9-21(10-12-22)25(2,3)4/h9-12,19-20H,5-8,13-18H2,1-4H3/t19-/m0/s1. The van der Waals surface area contributed by atoms with Gasteiger partial charge in [-0.2, -0.15) is 4.31 Å². The maximum absolute atomic E-state index is 13.1. The third-order valence-electron chi connectivity index (χ3n) is 6.70. The van der Waals surface area contributed by atoms with Gasteiger partial charge in [0.2, 0.25) is 10.0 Å². The fraction of sp³-hybridized carbons (Fsp3) is 0.680. The minimum absolute atomic E-state index is 0.0489. The average Bonchev–Trinajstić information content (AvgIpc) is 3.07. The lowest BCUT2D eigenvalue weighted by atomic mass is 9.87. The Balaban J connectivity index is 1.54. The molecule has 0 aliphatic carbocycles. The number of sulfonamides is 1. The summed E-state index contributed by atoms with van der Waals surface area (Å²) in [6, 6.07) is 7.04. The van der Waals surface area contributed by atoms with E-state index in [4.69, 9.17) is 4.74 Å². The Kier molecular flexibility index (Phi) is 8.22.